The quantitative estimate of drug-likeness (QED) is 0.830. The van der Waals surface area contributed by atoms with Crippen molar-refractivity contribution in [2.75, 3.05) is 39.5 Å². The van der Waals surface area contributed by atoms with E-state index >= 15 is 0 Å². The standard InChI is InChI=1S/C20H31NO2/c1-17(2)19-16-20(9-13-23-19,18-6-4-3-5-7-18)8-10-21-11-14-22-15-12-21/h3-7,17,19H,8-16H2,1-2H3/t19-,20+/m0/s1. The van der Waals surface area contributed by atoms with Crippen molar-refractivity contribution < 1.29 is 9.47 Å². The fourth-order valence-corrected chi connectivity index (χ4v) is 4.00. The lowest BCUT2D eigenvalue weighted by Crippen LogP contribution is -2.44. The lowest BCUT2D eigenvalue weighted by atomic mass is 9.68. The van der Waals surface area contributed by atoms with Crippen LogP contribution in [0.3, 0.4) is 0 Å². The van der Waals surface area contributed by atoms with Gasteiger partial charge in [0.15, 0.2) is 0 Å². The third kappa shape index (κ3) is 4.14. The highest BCUT2D eigenvalue weighted by Gasteiger charge is 2.39. The Morgan fingerprint density at radius 1 is 1.13 bits per heavy atom. The molecule has 2 aliphatic rings. The Morgan fingerprint density at radius 3 is 2.57 bits per heavy atom. The van der Waals surface area contributed by atoms with E-state index in [1.165, 1.54) is 18.5 Å². The third-order valence-corrected chi connectivity index (χ3v) is 5.64. The molecule has 0 spiro atoms. The van der Waals surface area contributed by atoms with E-state index in [4.69, 9.17) is 9.47 Å². The van der Waals surface area contributed by atoms with Gasteiger partial charge in [0.05, 0.1) is 19.3 Å². The van der Waals surface area contributed by atoms with Crippen LogP contribution in [0.2, 0.25) is 0 Å². The summed E-state index contributed by atoms with van der Waals surface area (Å²) in [5.41, 5.74) is 1.77. The van der Waals surface area contributed by atoms with E-state index in [1.807, 2.05) is 0 Å². The zero-order valence-electron chi connectivity index (χ0n) is 14.7. The highest BCUT2D eigenvalue weighted by atomic mass is 16.5. The van der Waals surface area contributed by atoms with Crippen molar-refractivity contribution in [3.05, 3.63) is 35.9 Å². The molecule has 2 aliphatic heterocycles. The van der Waals surface area contributed by atoms with Crippen LogP contribution in [0.15, 0.2) is 30.3 Å². The second-order valence-electron chi connectivity index (χ2n) is 7.46. The molecular weight excluding hydrogens is 286 g/mol. The molecular formula is C20H31NO2. The highest BCUT2D eigenvalue weighted by molar-refractivity contribution is 5.26. The number of ether oxygens (including phenoxy) is 2. The van der Waals surface area contributed by atoms with Crippen LogP contribution in [0.4, 0.5) is 0 Å². The molecule has 0 aliphatic carbocycles. The summed E-state index contributed by atoms with van der Waals surface area (Å²) in [5, 5.41) is 0. The first-order valence-corrected chi connectivity index (χ1v) is 9.17. The minimum absolute atomic E-state index is 0.271. The lowest BCUT2D eigenvalue weighted by molar-refractivity contribution is -0.0506. The molecule has 2 saturated heterocycles. The lowest BCUT2D eigenvalue weighted by Gasteiger charge is -2.44. The summed E-state index contributed by atoms with van der Waals surface area (Å²) in [6.45, 7) is 10.6. The molecule has 128 valence electrons. The van der Waals surface area contributed by atoms with Gasteiger partial charge in [-0.05, 0) is 37.3 Å². The van der Waals surface area contributed by atoms with Crippen LogP contribution in [-0.2, 0) is 14.9 Å². The summed E-state index contributed by atoms with van der Waals surface area (Å²) in [4.78, 5) is 2.56. The second-order valence-corrected chi connectivity index (χ2v) is 7.46. The number of rotatable bonds is 5. The van der Waals surface area contributed by atoms with Gasteiger partial charge in [-0.3, -0.25) is 4.90 Å². The molecule has 0 unspecified atom stereocenters. The normalized spacial score (nSPS) is 29.8. The Labute approximate surface area is 141 Å². The summed E-state index contributed by atoms with van der Waals surface area (Å²) in [7, 11) is 0. The van der Waals surface area contributed by atoms with Gasteiger partial charge in [0.1, 0.15) is 0 Å². The first-order valence-electron chi connectivity index (χ1n) is 9.17. The molecule has 0 amide bonds. The summed E-state index contributed by atoms with van der Waals surface area (Å²) in [5.74, 6) is 0.585. The molecule has 0 bridgehead atoms. The maximum absolute atomic E-state index is 6.07. The van der Waals surface area contributed by atoms with E-state index in [-0.39, 0.29) is 5.41 Å². The van der Waals surface area contributed by atoms with Crippen molar-refractivity contribution in [1.29, 1.82) is 0 Å². The predicted octanol–water partition coefficient (Wildman–Crippen LogP) is 3.48. The summed E-state index contributed by atoms with van der Waals surface area (Å²) >= 11 is 0. The fraction of sp³-hybridized carbons (Fsp3) is 0.700. The number of hydrogen-bond donors (Lipinski definition) is 0. The SMILES string of the molecule is CC(C)[C@@H]1C[C@](CCN2CCOCC2)(c2ccccc2)CCO1. The van der Waals surface area contributed by atoms with E-state index in [9.17, 15) is 0 Å². The van der Waals surface area contributed by atoms with Crippen LogP contribution >= 0.6 is 0 Å². The average Bonchev–Trinajstić information content (AvgIpc) is 2.62. The molecule has 0 N–H and O–H groups in total. The molecule has 0 radical (unpaired) electrons. The molecule has 1 aromatic carbocycles. The number of hydrogen-bond acceptors (Lipinski definition) is 3. The molecule has 23 heavy (non-hydrogen) atoms. The number of nitrogens with zero attached hydrogens (tertiary/aromatic N) is 1. The van der Waals surface area contributed by atoms with E-state index in [1.54, 1.807) is 0 Å². The molecule has 3 rings (SSSR count). The van der Waals surface area contributed by atoms with Gasteiger partial charge in [-0.25, -0.2) is 0 Å². The van der Waals surface area contributed by atoms with Crippen LogP contribution < -0.4 is 0 Å². The van der Waals surface area contributed by atoms with Crippen LogP contribution in [0.1, 0.15) is 38.7 Å². The molecule has 3 nitrogen and oxygen atoms in total. The molecule has 2 heterocycles. The minimum atomic E-state index is 0.271. The second kappa shape index (κ2) is 7.78. The Morgan fingerprint density at radius 2 is 1.87 bits per heavy atom. The van der Waals surface area contributed by atoms with Crippen LogP contribution in [0, 0.1) is 5.92 Å². The van der Waals surface area contributed by atoms with Gasteiger partial charge in [-0.2, -0.15) is 0 Å². The maximum atomic E-state index is 6.07. The molecule has 0 aromatic heterocycles. The van der Waals surface area contributed by atoms with Crippen LogP contribution in [0.5, 0.6) is 0 Å². The van der Waals surface area contributed by atoms with Crippen LogP contribution in [-0.4, -0.2) is 50.5 Å². The van der Waals surface area contributed by atoms with E-state index in [0.717, 1.165) is 45.8 Å². The number of morpholine rings is 1. The van der Waals surface area contributed by atoms with Crippen molar-refractivity contribution in [1.82, 2.24) is 4.90 Å². The smallest absolute Gasteiger partial charge is 0.0606 e. The molecule has 1 aromatic rings. The number of benzene rings is 1. The van der Waals surface area contributed by atoms with Crippen molar-refractivity contribution in [3.63, 3.8) is 0 Å². The van der Waals surface area contributed by atoms with E-state index in [0.29, 0.717) is 12.0 Å². The minimum Gasteiger partial charge on any atom is -0.379 e. The van der Waals surface area contributed by atoms with Crippen molar-refractivity contribution in [2.45, 2.75) is 44.6 Å². The van der Waals surface area contributed by atoms with Gasteiger partial charge in [-0.15, -0.1) is 0 Å². The van der Waals surface area contributed by atoms with Crippen molar-refractivity contribution >= 4 is 0 Å². The molecule has 2 fully saturated rings. The fourth-order valence-electron chi connectivity index (χ4n) is 4.00. The summed E-state index contributed by atoms with van der Waals surface area (Å²) in [6.07, 6.45) is 3.90. The zero-order valence-corrected chi connectivity index (χ0v) is 14.7. The van der Waals surface area contributed by atoms with Crippen molar-refractivity contribution in [3.8, 4) is 0 Å². The molecule has 2 atom stereocenters. The first-order chi connectivity index (χ1) is 11.2. The first kappa shape index (κ1) is 16.9. The Kier molecular flexibility index (Phi) is 5.73. The topological polar surface area (TPSA) is 21.7 Å². The predicted molar refractivity (Wildman–Crippen MR) is 93.8 cm³/mol. The average molecular weight is 317 g/mol. The Bertz CT molecular complexity index is 470. The van der Waals surface area contributed by atoms with Gasteiger partial charge < -0.3 is 9.47 Å². The monoisotopic (exact) mass is 317 g/mol. The third-order valence-electron chi connectivity index (χ3n) is 5.64. The van der Waals surface area contributed by atoms with E-state index in [2.05, 4.69) is 49.1 Å². The Balaban J connectivity index is 1.75. The van der Waals surface area contributed by atoms with E-state index < -0.39 is 0 Å². The molecule has 3 heteroatoms. The summed E-state index contributed by atoms with van der Waals surface area (Å²) < 4.78 is 11.6. The summed E-state index contributed by atoms with van der Waals surface area (Å²) in [6, 6.07) is 11.1. The van der Waals surface area contributed by atoms with Gasteiger partial charge in [0.2, 0.25) is 0 Å². The highest BCUT2D eigenvalue weighted by Crippen LogP contribution is 2.42. The maximum Gasteiger partial charge on any atom is 0.0606 e. The van der Waals surface area contributed by atoms with Gasteiger partial charge in [0.25, 0.3) is 0 Å². The van der Waals surface area contributed by atoms with Gasteiger partial charge in [0, 0.05) is 25.1 Å². The van der Waals surface area contributed by atoms with Crippen LogP contribution in [0.25, 0.3) is 0 Å². The van der Waals surface area contributed by atoms with Gasteiger partial charge in [-0.1, -0.05) is 44.2 Å². The van der Waals surface area contributed by atoms with Gasteiger partial charge >= 0.3 is 0 Å². The van der Waals surface area contributed by atoms with Crippen molar-refractivity contribution in [2.24, 2.45) is 5.92 Å². The zero-order chi connectivity index (χ0) is 16.1. The molecule has 0 saturated carbocycles. The Hall–Kier alpha value is -0.900. The largest absolute Gasteiger partial charge is 0.379 e.